The van der Waals surface area contributed by atoms with Gasteiger partial charge in [-0.1, -0.05) is 25.1 Å². The molecule has 0 saturated carbocycles. The van der Waals surface area contributed by atoms with Gasteiger partial charge in [0.25, 0.3) is 11.6 Å². The van der Waals surface area contributed by atoms with Crippen molar-refractivity contribution in [2.45, 2.75) is 59.0 Å². The fourth-order valence-corrected chi connectivity index (χ4v) is 4.66. The third-order valence-corrected chi connectivity index (χ3v) is 7.17. The number of hydrogen-bond donors (Lipinski definition) is 0. The molecule has 12 heteroatoms. The molecule has 0 aliphatic carbocycles. The summed E-state index contributed by atoms with van der Waals surface area (Å²) in [6.45, 7) is 10.5. The highest BCUT2D eigenvalue weighted by Crippen LogP contribution is 2.28. The molecule has 0 bridgehead atoms. The lowest BCUT2D eigenvalue weighted by molar-refractivity contribution is -0.384. The fraction of sp³-hybridized carbons (Fsp3) is 0.515. The number of nitro benzene ring substituents is 1. The van der Waals surface area contributed by atoms with Crippen LogP contribution in [-0.2, 0) is 20.8 Å². The second kappa shape index (κ2) is 16.2. The molecular weight excluding hydrogens is 582 g/mol. The fourth-order valence-electron chi connectivity index (χ4n) is 4.66. The Hall–Kier alpha value is -4.16. The standard InChI is InChI=1S/C33H45N3O9/c1-23-19-35(24(2)21-42-22-25-10-13-27(41-7)14-11-25)31(37)28-18-26(36(39)40)12-15-29(28)43-16-8-9-17-44-30(23)20-34(6)32(38)45-33(3,4)5/h8-15,18,23-24,30H,16-17,19-22H2,1-7H3/b9-8-/t23-,24+,30+/m1/s1. The summed E-state index contributed by atoms with van der Waals surface area (Å²) < 4.78 is 28.8. The van der Waals surface area contributed by atoms with Crippen molar-refractivity contribution in [2.24, 2.45) is 5.92 Å². The van der Waals surface area contributed by atoms with Crippen molar-refractivity contribution in [1.82, 2.24) is 9.80 Å². The predicted octanol–water partition coefficient (Wildman–Crippen LogP) is 5.49. The van der Waals surface area contributed by atoms with Crippen LogP contribution in [0.3, 0.4) is 0 Å². The maximum Gasteiger partial charge on any atom is 0.410 e. The van der Waals surface area contributed by atoms with E-state index in [1.54, 1.807) is 52.0 Å². The van der Waals surface area contributed by atoms with Gasteiger partial charge >= 0.3 is 6.09 Å². The number of nitro groups is 1. The van der Waals surface area contributed by atoms with Gasteiger partial charge < -0.3 is 33.5 Å². The van der Waals surface area contributed by atoms with Gasteiger partial charge in [0, 0.05) is 31.6 Å². The third kappa shape index (κ3) is 10.8. The van der Waals surface area contributed by atoms with E-state index < -0.39 is 34.7 Å². The van der Waals surface area contributed by atoms with E-state index in [0.29, 0.717) is 6.61 Å². The molecule has 2 amide bonds. The zero-order valence-corrected chi connectivity index (χ0v) is 27.2. The van der Waals surface area contributed by atoms with Gasteiger partial charge in [0.2, 0.25) is 0 Å². The largest absolute Gasteiger partial charge is 0.497 e. The van der Waals surface area contributed by atoms with E-state index in [0.717, 1.165) is 11.3 Å². The number of non-ortho nitro benzene ring substituents is 1. The van der Waals surface area contributed by atoms with Crippen LogP contribution in [0.4, 0.5) is 10.5 Å². The normalized spacial score (nSPS) is 19.1. The van der Waals surface area contributed by atoms with Crippen molar-refractivity contribution >= 4 is 17.7 Å². The maximum absolute atomic E-state index is 14.2. The van der Waals surface area contributed by atoms with E-state index in [9.17, 15) is 19.7 Å². The Morgan fingerprint density at radius 1 is 1.16 bits per heavy atom. The van der Waals surface area contributed by atoms with Gasteiger partial charge in [-0.15, -0.1) is 0 Å². The number of likely N-dealkylation sites (N-methyl/N-ethyl adjacent to an activating group) is 1. The van der Waals surface area contributed by atoms with Crippen molar-refractivity contribution in [1.29, 1.82) is 0 Å². The summed E-state index contributed by atoms with van der Waals surface area (Å²) in [6.07, 6.45) is 2.59. The minimum atomic E-state index is -0.661. The Bertz CT molecular complexity index is 1320. The van der Waals surface area contributed by atoms with Gasteiger partial charge in [-0.3, -0.25) is 14.9 Å². The van der Waals surface area contributed by atoms with Crippen molar-refractivity contribution in [2.75, 3.05) is 47.1 Å². The molecule has 3 rings (SSSR count). The first-order valence-corrected chi connectivity index (χ1v) is 14.9. The quantitative estimate of drug-likeness (QED) is 0.201. The Morgan fingerprint density at radius 2 is 1.84 bits per heavy atom. The lowest BCUT2D eigenvalue weighted by Gasteiger charge is -2.36. The van der Waals surface area contributed by atoms with Crippen LogP contribution in [0.2, 0.25) is 0 Å². The lowest BCUT2D eigenvalue weighted by Crippen LogP contribution is -2.48. The highest BCUT2D eigenvalue weighted by Gasteiger charge is 2.32. The summed E-state index contributed by atoms with van der Waals surface area (Å²) in [4.78, 5) is 41.1. The molecule has 0 spiro atoms. The zero-order chi connectivity index (χ0) is 33.1. The Morgan fingerprint density at radius 3 is 2.49 bits per heavy atom. The minimum absolute atomic E-state index is 0.0781. The van der Waals surface area contributed by atoms with Gasteiger partial charge in [-0.25, -0.2) is 4.79 Å². The molecule has 246 valence electrons. The summed E-state index contributed by atoms with van der Waals surface area (Å²) in [5.74, 6) is 0.269. The molecule has 0 saturated heterocycles. The summed E-state index contributed by atoms with van der Waals surface area (Å²) >= 11 is 0. The van der Waals surface area contributed by atoms with Gasteiger partial charge in [0.15, 0.2) is 0 Å². The van der Waals surface area contributed by atoms with E-state index in [1.165, 1.54) is 23.1 Å². The Balaban J connectivity index is 1.90. The monoisotopic (exact) mass is 627 g/mol. The van der Waals surface area contributed by atoms with Crippen LogP contribution in [0.5, 0.6) is 11.5 Å². The first kappa shape index (κ1) is 35.3. The van der Waals surface area contributed by atoms with Crippen LogP contribution < -0.4 is 9.47 Å². The maximum atomic E-state index is 14.2. The number of ether oxygens (including phenoxy) is 5. The number of methoxy groups -OCH3 is 1. The molecule has 0 aromatic heterocycles. The van der Waals surface area contributed by atoms with Crippen molar-refractivity contribution in [3.05, 3.63) is 75.9 Å². The summed E-state index contributed by atoms with van der Waals surface area (Å²) in [5, 5.41) is 11.6. The third-order valence-electron chi connectivity index (χ3n) is 7.17. The molecule has 1 aliphatic rings. The number of carbonyl (C=O) groups excluding carboxylic acids is 2. The van der Waals surface area contributed by atoms with Crippen molar-refractivity contribution < 1.29 is 38.2 Å². The van der Waals surface area contributed by atoms with Crippen LogP contribution in [0.15, 0.2) is 54.6 Å². The van der Waals surface area contributed by atoms with E-state index >= 15 is 0 Å². The van der Waals surface area contributed by atoms with E-state index in [1.807, 2.05) is 38.1 Å². The molecule has 0 radical (unpaired) electrons. The van der Waals surface area contributed by atoms with Crippen LogP contribution in [-0.4, -0.2) is 91.5 Å². The van der Waals surface area contributed by atoms with Crippen molar-refractivity contribution in [3.8, 4) is 11.5 Å². The number of amides is 2. The van der Waals surface area contributed by atoms with Crippen LogP contribution in [0, 0.1) is 16.0 Å². The molecule has 12 nitrogen and oxygen atoms in total. The average Bonchev–Trinajstić information content (AvgIpc) is 3.00. The van der Waals surface area contributed by atoms with E-state index in [-0.39, 0.29) is 55.8 Å². The number of benzene rings is 2. The molecule has 0 unspecified atom stereocenters. The number of carbonyl (C=O) groups is 2. The molecule has 0 fully saturated rings. The van der Waals surface area contributed by atoms with Crippen LogP contribution in [0.1, 0.15) is 50.5 Å². The first-order chi connectivity index (χ1) is 21.3. The smallest absolute Gasteiger partial charge is 0.410 e. The molecule has 1 aliphatic heterocycles. The van der Waals surface area contributed by atoms with Crippen LogP contribution >= 0.6 is 0 Å². The molecule has 0 N–H and O–H groups in total. The predicted molar refractivity (Wildman–Crippen MR) is 169 cm³/mol. The topological polar surface area (TPSA) is 130 Å². The minimum Gasteiger partial charge on any atom is -0.497 e. The average molecular weight is 628 g/mol. The summed E-state index contributed by atoms with van der Waals surface area (Å²) in [7, 11) is 3.24. The van der Waals surface area contributed by atoms with E-state index in [4.69, 9.17) is 23.7 Å². The highest BCUT2D eigenvalue weighted by molar-refractivity contribution is 5.98. The number of nitrogens with zero attached hydrogens (tertiary/aromatic N) is 3. The first-order valence-electron chi connectivity index (χ1n) is 14.9. The van der Waals surface area contributed by atoms with Crippen molar-refractivity contribution in [3.63, 3.8) is 0 Å². The van der Waals surface area contributed by atoms with Gasteiger partial charge in [-0.2, -0.15) is 0 Å². The number of fused-ring (bicyclic) bond motifs is 1. The van der Waals surface area contributed by atoms with Crippen LogP contribution in [0.25, 0.3) is 0 Å². The van der Waals surface area contributed by atoms with Gasteiger partial charge in [0.05, 0.1) is 56.1 Å². The molecular formula is C33H45N3O9. The SMILES string of the molecule is COc1ccc(COC[C@H](C)N2C[C@@H](C)[C@H](CN(C)C(=O)OC(C)(C)C)OC/C=C\COc3ccc([N+](=O)[O-])cc3C2=O)cc1. The molecule has 1 heterocycles. The van der Waals surface area contributed by atoms with E-state index in [2.05, 4.69) is 0 Å². The van der Waals surface area contributed by atoms with Gasteiger partial charge in [0.1, 0.15) is 23.7 Å². The summed E-state index contributed by atoms with van der Waals surface area (Å²) in [6, 6.07) is 11.1. The molecule has 2 aromatic rings. The Kier molecular flexibility index (Phi) is 12.7. The lowest BCUT2D eigenvalue weighted by atomic mass is 10.0. The number of hydrogen-bond acceptors (Lipinski definition) is 9. The molecule has 45 heavy (non-hydrogen) atoms. The second-order valence-corrected chi connectivity index (χ2v) is 12.1. The molecule has 3 atom stereocenters. The zero-order valence-electron chi connectivity index (χ0n) is 27.2. The number of rotatable bonds is 9. The summed E-state index contributed by atoms with van der Waals surface area (Å²) in [5.41, 5.74) is 0.135. The molecule has 2 aromatic carbocycles. The second-order valence-electron chi connectivity index (χ2n) is 12.1. The highest BCUT2D eigenvalue weighted by atomic mass is 16.6. The Labute approximate surface area is 265 Å². The van der Waals surface area contributed by atoms with Gasteiger partial charge in [-0.05, 0) is 57.5 Å².